The fourth-order valence-corrected chi connectivity index (χ4v) is 5.43. The second kappa shape index (κ2) is 8.23. The number of nitrogens with one attached hydrogen (secondary N) is 1. The Morgan fingerprint density at radius 3 is 2.54 bits per heavy atom. The van der Waals surface area contributed by atoms with Crippen LogP contribution in [0, 0.1) is 13.8 Å². The highest BCUT2D eigenvalue weighted by atomic mass is 35.5. The molecule has 2 aromatic carbocycles. The summed E-state index contributed by atoms with van der Waals surface area (Å²) in [4.78, 5) is 13.1. The molecule has 3 rings (SSSR count). The number of hydrogen-bond donors (Lipinski definition) is 1. The minimum Gasteiger partial charge on any atom is -0.348 e. The predicted molar refractivity (Wildman–Crippen MR) is 111 cm³/mol. The van der Waals surface area contributed by atoms with Crippen LogP contribution in [0.15, 0.2) is 47.4 Å². The predicted octanol–water partition coefficient (Wildman–Crippen LogP) is 3.99. The molecule has 1 saturated heterocycles. The molecule has 0 unspecified atom stereocenters. The number of benzene rings is 2. The molecule has 1 heterocycles. The monoisotopic (exact) mass is 420 g/mol. The van der Waals surface area contributed by atoms with Gasteiger partial charge in [-0.15, -0.1) is 0 Å². The lowest BCUT2D eigenvalue weighted by Crippen LogP contribution is -2.46. The van der Waals surface area contributed by atoms with Gasteiger partial charge in [0.1, 0.15) is 6.04 Å². The third kappa shape index (κ3) is 4.24. The number of carbonyl (C=O) groups is 1. The van der Waals surface area contributed by atoms with Crippen molar-refractivity contribution < 1.29 is 13.2 Å². The molecule has 0 bridgehead atoms. The van der Waals surface area contributed by atoms with Crippen molar-refractivity contribution in [3.63, 3.8) is 0 Å². The zero-order valence-electron chi connectivity index (χ0n) is 16.3. The summed E-state index contributed by atoms with van der Waals surface area (Å²) in [7, 11) is -3.75. The van der Waals surface area contributed by atoms with Crippen LogP contribution in [0.1, 0.15) is 42.5 Å². The second-order valence-corrected chi connectivity index (χ2v) is 9.65. The van der Waals surface area contributed by atoms with E-state index >= 15 is 0 Å². The topological polar surface area (TPSA) is 66.5 Å². The lowest BCUT2D eigenvalue weighted by molar-refractivity contribution is -0.124. The summed E-state index contributed by atoms with van der Waals surface area (Å²) in [6, 6.07) is 11.3. The van der Waals surface area contributed by atoms with Crippen LogP contribution in [0.5, 0.6) is 0 Å². The van der Waals surface area contributed by atoms with Crippen LogP contribution in [-0.4, -0.2) is 31.2 Å². The Morgan fingerprint density at radius 2 is 1.86 bits per heavy atom. The number of hydrogen-bond acceptors (Lipinski definition) is 3. The Morgan fingerprint density at radius 1 is 1.18 bits per heavy atom. The Balaban J connectivity index is 1.79. The minimum absolute atomic E-state index is 0.152. The molecule has 5 nitrogen and oxygen atoms in total. The molecule has 2 atom stereocenters. The molecule has 1 N–H and O–H groups in total. The van der Waals surface area contributed by atoms with Gasteiger partial charge in [0, 0.05) is 11.6 Å². The first-order valence-corrected chi connectivity index (χ1v) is 11.2. The van der Waals surface area contributed by atoms with E-state index in [2.05, 4.69) is 11.4 Å². The van der Waals surface area contributed by atoms with Gasteiger partial charge in [0.05, 0.1) is 10.9 Å². The maximum absolute atomic E-state index is 13.0. The number of sulfonamides is 1. The van der Waals surface area contributed by atoms with Gasteiger partial charge in [0.15, 0.2) is 0 Å². The maximum Gasteiger partial charge on any atom is 0.243 e. The van der Waals surface area contributed by atoms with Gasteiger partial charge in [-0.05, 0) is 69.0 Å². The van der Waals surface area contributed by atoms with Gasteiger partial charge in [-0.2, -0.15) is 4.31 Å². The van der Waals surface area contributed by atoms with Crippen LogP contribution >= 0.6 is 11.6 Å². The van der Waals surface area contributed by atoms with Crippen molar-refractivity contribution in [1.82, 2.24) is 9.62 Å². The highest BCUT2D eigenvalue weighted by Crippen LogP contribution is 2.28. The van der Waals surface area contributed by atoms with Crippen LogP contribution in [0.3, 0.4) is 0 Å². The van der Waals surface area contributed by atoms with Crippen molar-refractivity contribution >= 4 is 27.5 Å². The Hall–Kier alpha value is -1.89. The molecular formula is C21H25ClN2O3S. The molecule has 0 aliphatic carbocycles. The van der Waals surface area contributed by atoms with Crippen molar-refractivity contribution in [2.75, 3.05) is 6.54 Å². The van der Waals surface area contributed by atoms with E-state index in [0.29, 0.717) is 24.4 Å². The second-order valence-electron chi connectivity index (χ2n) is 7.32. The number of carbonyl (C=O) groups excluding carboxylic acids is 1. The van der Waals surface area contributed by atoms with Gasteiger partial charge in [0.25, 0.3) is 0 Å². The standard InChI is InChI=1S/C21H25ClN2O3S/c1-14-6-7-15(2)19(13-14)16(3)23-21(25)20-5-4-12-24(20)28(26,27)18-10-8-17(22)9-11-18/h6-11,13,16,20H,4-5,12H2,1-3H3,(H,23,25)/t16-,20+/m0/s1. The highest BCUT2D eigenvalue weighted by Gasteiger charge is 2.39. The van der Waals surface area contributed by atoms with E-state index in [1.807, 2.05) is 32.9 Å². The van der Waals surface area contributed by atoms with Crippen LogP contribution in [0.4, 0.5) is 0 Å². The third-order valence-corrected chi connectivity index (χ3v) is 7.36. The first kappa shape index (κ1) is 20.8. The highest BCUT2D eigenvalue weighted by molar-refractivity contribution is 7.89. The average Bonchev–Trinajstić information content (AvgIpc) is 3.15. The number of amides is 1. The summed E-state index contributed by atoms with van der Waals surface area (Å²) >= 11 is 5.87. The van der Waals surface area contributed by atoms with Crippen molar-refractivity contribution in [2.45, 2.75) is 50.6 Å². The van der Waals surface area contributed by atoms with E-state index in [1.54, 1.807) is 12.1 Å². The first-order valence-electron chi connectivity index (χ1n) is 9.35. The van der Waals surface area contributed by atoms with Crippen molar-refractivity contribution in [3.8, 4) is 0 Å². The number of aryl methyl sites for hydroxylation is 2. The lowest BCUT2D eigenvalue weighted by Gasteiger charge is -2.25. The van der Waals surface area contributed by atoms with Crippen LogP contribution in [0.2, 0.25) is 5.02 Å². The van der Waals surface area contributed by atoms with Crippen LogP contribution < -0.4 is 5.32 Å². The molecule has 2 aromatic rings. The molecule has 28 heavy (non-hydrogen) atoms. The van der Waals surface area contributed by atoms with E-state index in [0.717, 1.165) is 16.7 Å². The number of rotatable bonds is 5. The minimum atomic E-state index is -3.75. The Kier molecular flexibility index (Phi) is 6.12. The quantitative estimate of drug-likeness (QED) is 0.795. The van der Waals surface area contributed by atoms with Gasteiger partial charge >= 0.3 is 0 Å². The Labute approximate surface area is 171 Å². The molecule has 0 radical (unpaired) electrons. The van der Waals surface area contributed by atoms with E-state index in [-0.39, 0.29) is 16.8 Å². The summed E-state index contributed by atoms with van der Waals surface area (Å²) in [5, 5.41) is 3.47. The third-order valence-electron chi connectivity index (χ3n) is 5.19. The van der Waals surface area contributed by atoms with Crippen molar-refractivity contribution in [1.29, 1.82) is 0 Å². The molecule has 1 fully saturated rings. The first-order chi connectivity index (χ1) is 13.2. The normalized spacial score (nSPS) is 18.8. The van der Waals surface area contributed by atoms with E-state index in [1.165, 1.54) is 16.4 Å². The fraction of sp³-hybridized carbons (Fsp3) is 0.381. The fourth-order valence-electron chi connectivity index (χ4n) is 3.65. The van der Waals surface area contributed by atoms with E-state index < -0.39 is 16.1 Å². The molecule has 0 saturated carbocycles. The smallest absolute Gasteiger partial charge is 0.243 e. The van der Waals surface area contributed by atoms with Gasteiger partial charge < -0.3 is 5.32 Å². The molecular weight excluding hydrogens is 396 g/mol. The average molecular weight is 421 g/mol. The molecule has 7 heteroatoms. The molecule has 1 aliphatic rings. The van der Waals surface area contributed by atoms with Gasteiger partial charge in [0.2, 0.25) is 15.9 Å². The summed E-state index contributed by atoms with van der Waals surface area (Å²) in [6.07, 6.45) is 1.17. The lowest BCUT2D eigenvalue weighted by atomic mass is 9.99. The van der Waals surface area contributed by atoms with Crippen LogP contribution in [0.25, 0.3) is 0 Å². The number of halogens is 1. The summed E-state index contributed by atoms with van der Waals surface area (Å²) < 4.78 is 27.3. The summed E-state index contributed by atoms with van der Waals surface area (Å²) in [6.45, 7) is 6.27. The van der Waals surface area contributed by atoms with E-state index in [4.69, 9.17) is 11.6 Å². The summed E-state index contributed by atoms with van der Waals surface area (Å²) in [5.74, 6) is -0.261. The molecule has 150 valence electrons. The molecule has 0 spiro atoms. The summed E-state index contributed by atoms with van der Waals surface area (Å²) in [5.41, 5.74) is 3.25. The Bertz CT molecular complexity index is 974. The zero-order valence-corrected chi connectivity index (χ0v) is 17.8. The molecule has 1 aliphatic heterocycles. The molecule has 0 aromatic heterocycles. The van der Waals surface area contributed by atoms with Crippen molar-refractivity contribution in [3.05, 3.63) is 64.2 Å². The van der Waals surface area contributed by atoms with Crippen molar-refractivity contribution in [2.24, 2.45) is 0 Å². The largest absolute Gasteiger partial charge is 0.348 e. The molecule has 1 amide bonds. The van der Waals surface area contributed by atoms with Crippen LogP contribution in [-0.2, 0) is 14.8 Å². The van der Waals surface area contributed by atoms with Gasteiger partial charge in [-0.1, -0.05) is 35.4 Å². The van der Waals surface area contributed by atoms with E-state index in [9.17, 15) is 13.2 Å². The number of nitrogens with zero attached hydrogens (tertiary/aromatic N) is 1. The maximum atomic E-state index is 13.0. The van der Waals surface area contributed by atoms with Gasteiger partial charge in [-0.3, -0.25) is 4.79 Å². The van der Waals surface area contributed by atoms with Gasteiger partial charge in [-0.25, -0.2) is 8.42 Å². The SMILES string of the molecule is Cc1ccc(C)c([C@H](C)NC(=O)[C@H]2CCCN2S(=O)(=O)c2ccc(Cl)cc2)c1. The zero-order chi connectivity index (χ0) is 20.5.